The van der Waals surface area contributed by atoms with Crippen molar-refractivity contribution < 1.29 is 14.3 Å². The quantitative estimate of drug-likeness (QED) is 0.310. The highest BCUT2D eigenvalue weighted by molar-refractivity contribution is 14.1. The van der Waals surface area contributed by atoms with Crippen molar-refractivity contribution in [1.29, 1.82) is 0 Å². The Kier molecular flexibility index (Phi) is 4.75. The molecular formula is C14H16ClIN4O3. The standard InChI is InChI=1S/C14H16ClIN4O3/c1-4-8-6(2)10(22-7(3)21)13(23-8)20-5-17-9-11(15)18-14(16)19-12(9)20/h5-6,8,10,13H,4H2,1-3H3/t6-,8-,10-,13?/m1/s1. The summed E-state index contributed by atoms with van der Waals surface area (Å²) in [4.78, 5) is 24.2. The molecular weight excluding hydrogens is 435 g/mol. The Balaban J connectivity index is 2.06. The van der Waals surface area contributed by atoms with Crippen molar-refractivity contribution in [1.82, 2.24) is 19.5 Å². The van der Waals surface area contributed by atoms with Crippen LogP contribution in [-0.2, 0) is 14.3 Å². The van der Waals surface area contributed by atoms with Crippen LogP contribution in [0.3, 0.4) is 0 Å². The van der Waals surface area contributed by atoms with E-state index < -0.39 is 12.3 Å². The Morgan fingerprint density at radius 1 is 1.52 bits per heavy atom. The molecule has 0 bridgehead atoms. The molecule has 2 aromatic heterocycles. The minimum Gasteiger partial charge on any atom is -0.457 e. The molecule has 124 valence electrons. The van der Waals surface area contributed by atoms with Crippen molar-refractivity contribution in [2.24, 2.45) is 5.92 Å². The monoisotopic (exact) mass is 450 g/mol. The van der Waals surface area contributed by atoms with E-state index >= 15 is 0 Å². The summed E-state index contributed by atoms with van der Waals surface area (Å²) < 4.78 is 13.9. The average Bonchev–Trinajstić information content (AvgIpc) is 3.01. The first kappa shape index (κ1) is 16.8. The summed E-state index contributed by atoms with van der Waals surface area (Å²) in [6, 6.07) is 0. The minimum absolute atomic E-state index is 0.00168. The summed E-state index contributed by atoms with van der Waals surface area (Å²) in [6.07, 6.45) is 1.55. The number of ether oxygens (including phenoxy) is 2. The number of fused-ring (bicyclic) bond motifs is 1. The van der Waals surface area contributed by atoms with Gasteiger partial charge in [0, 0.05) is 35.4 Å². The molecule has 1 saturated heterocycles. The molecule has 2 aromatic rings. The van der Waals surface area contributed by atoms with Gasteiger partial charge in [0.25, 0.3) is 0 Å². The van der Waals surface area contributed by atoms with Crippen LogP contribution in [-0.4, -0.2) is 37.7 Å². The van der Waals surface area contributed by atoms with Gasteiger partial charge in [-0.3, -0.25) is 9.36 Å². The highest BCUT2D eigenvalue weighted by Gasteiger charge is 2.45. The number of rotatable bonds is 3. The summed E-state index contributed by atoms with van der Waals surface area (Å²) in [7, 11) is 0. The fourth-order valence-corrected chi connectivity index (χ4v) is 3.77. The summed E-state index contributed by atoms with van der Waals surface area (Å²) in [5.41, 5.74) is 1.07. The van der Waals surface area contributed by atoms with Crippen molar-refractivity contribution in [3.05, 3.63) is 15.3 Å². The van der Waals surface area contributed by atoms with E-state index in [9.17, 15) is 4.79 Å². The third-order valence-electron chi connectivity index (χ3n) is 4.03. The maximum atomic E-state index is 11.5. The lowest BCUT2D eigenvalue weighted by molar-refractivity contribution is -0.153. The molecule has 7 nitrogen and oxygen atoms in total. The van der Waals surface area contributed by atoms with E-state index in [2.05, 4.69) is 15.0 Å². The van der Waals surface area contributed by atoms with Crippen LogP contribution in [0.25, 0.3) is 11.2 Å². The maximum absolute atomic E-state index is 11.5. The van der Waals surface area contributed by atoms with Crippen LogP contribution in [0.1, 0.15) is 33.4 Å². The highest BCUT2D eigenvalue weighted by Crippen LogP contribution is 2.39. The number of nitrogens with zero attached hydrogens (tertiary/aromatic N) is 4. The molecule has 1 fully saturated rings. The Labute approximate surface area is 151 Å². The SMILES string of the molecule is CC[C@H]1OC(n2cnc3c(Cl)nc(I)nc32)[C@H](OC(C)=O)[C@@H]1C. The minimum atomic E-state index is -0.481. The third kappa shape index (κ3) is 3.03. The lowest BCUT2D eigenvalue weighted by Gasteiger charge is -2.21. The molecule has 4 atom stereocenters. The summed E-state index contributed by atoms with van der Waals surface area (Å²) in [5, 5.41) is 0.292. The van der Waals surface area contributed by atoms with Crippen LogP contribution in [0, 0.1) is 9.75 Å². The van der Waals surface area contributed by atoms with E-state index in [1.807, 2.05) is 36.4 Å². The molecule has 23 heavy (non-hydrogen) atoms. The number of hydrogen-bond donors (Lipinski definition) is 0. The van der Waals surface area contributed by atoms with E-state index in [1.54, 1.807) is 10.9 Å². The van der Waals surface area contributed by atoms with Crippen molar-refractivity contribution in [3.63, 3.8) is 0 Å². The van der Waals surface area contributed by atoms with Gasteiger partial charge in [0.05, 0.1) is 12.4 Å². The van der Waals surface area contributed by atoms with Gasteiger partial charge in [-0.15, -0.1) is 0 Å². The zero-order valence-corrected chi connectivity index (χ0v) is 15.8. The van der Waals surface area contributed by atoms with E-state index in [-0.39, 0.29) is 18.0 Å². The average molecular weight is 451 g/mol. The maximum Gasteiger partial charge on any atom is 0.303 e. The fourth-order valence-electron chi connectivity index (χ4n) is 2.94. The number of carbonyl (C=O) groups is 1. The molecule has 0 spiro atoms. The topological polar surface area (TPSA) is 79.1 Å². The third-order valence-corrected chi connectivity index (χ3v) is 4.78. The number of carbonyl (C=O) groups excluding carboxylic acids is 1. The summed E-state index contributed by atoms with van der Waals surface area (Å²) in [5.74, 6) is -0.262. The molecule has 3 rings (SSSR count). The predicted molar refractivity (Wildman–Crippen MR) is 92.0 cm³/mol. The second kappa shape index (κ2) is 6.48. The molecule has 1 unspecified atom stereocenters. The molecule has 0 N–H and O–H groups in total. The summed E-state index contributed by atoms with van der Waals surface area (Å²) >= 11 is 8.13. The lowest BCUT2D eigenvalue weighted by atomic mass is 9.98. The van der Waals surface area contributed by atoms with Gasteiger partial charge in [-0.25, -0.2) is 15.0 Å². The Morgan fingerprint density at radius 3 is 2.91 bits per heavy atom. The van der Waals surface area contributed by atoms with Gasteiger partial charge in [0.1, 0.15) is 5.52 Å². The van der Waals surface area contributed by atoms with Crippen LogP contribution in [0.4, 0.5) is 0 Å². The van der Waals surface area contributed by atoms with E-state index in [1.165, 1.54) is 6.92 Å². The first-order chi connectivity index (χ1) is 10.9. The molecule has 1 aliphatic rings. The Bertz CT molecular complexity index is 753. The molecule has 3 heterocycles. The van der Waals surface area contributed by atoms with Crippen LogP contribution in [0.5, 0.6) is 0 Å². The van der Waals surface area contributed by atoms with Gasteiger partial charge in [-0.05, 0) is 6.42 Å². The van der Waals surface area contributed by atoms with Crippen molar-refractivity contribution >= 4 is 51.3 Å². The first-order valence-corrected chi connectivity index (χ1v) is 8.76. The van der Waals surface area contributed by atoms with Gasteiger partial charge < -0.3 is 9.47 Å². The van der Waals surface area contributed by atoms with Crippen LogP contribution in [0.15, 0.2) is 6.33 Å². The van der Waals surface area contributed by atoms with Gasteiger partial charge in [0.2, 0.25) is 0 Å². The van der Waals surface area contributed by atoms with Crippen molar-refractivity contribution in [2.45, 2.75) is 45.6 Å². The predicted octanol–water partition coefficient (Wildman–Crippen LogP) is 2.96. The molecule has 0 amide bonds. The van der Waals surface area contributed by atoms with Crippen LogP contribution >= 0.6 is 34.2 Å². The van der Waals surface area contributed by atoms with Gasteiger partial charge >= 0.3 is 5.97 Å². The van der Waals surface area contributed by atoms with Crippen LogP contribution < -0.4 is 0 Å². The molecule has 1 aliphatic heterocycles. The van der Waals surface area contributed by atoms with Crippen molar-refractivity contribution in [3.8, 4) is 0 Å². The lowest BCUT2D eigenvalue weighted by Crippen LogP contribution is -2.29. The van der Waals surface area contributed by atoms with Gasteiger partial charge in [-0.1, -0.05) is 25.4 Å². The van der Waals surface area contributed by atoms with Crippen molar-refractivity contribution in [2.75, 3.05) is 0 Å². The zero-order valence-electron chi connectivity index (χ0n) is 12.9. The largest absolute Gasteiger partial charge is 0.457 e. The number of imidazole rings is 1. The first-order valence-electron chi connectivity index (χ1n) is 7.30. The molecule has 9 heteroatoms. The van der Waals surface area contributed by atoms with Crippen LogP contribution in [0.2, 0.25) is 5.15 Å². The molecule has 0 aliphatic carbocycles. The number of esters is 1. The smallest absolute Gasteiger partial charge is 0.303 e. The van der Waals surface area contributed by atoms with Gasteiger partial charge in [0.15, 0.2) is 27.0 Å². The number of hydrogen-bond acceptors (Lipinski definition) is 6. The number of halogens is 2. The Morgan fingerprint density at radius 2 is 2.26 bits per heavy atom. The second-order valence-corrected chi connectivity index (χ2v) is 6.84. The molecule has 0 saturated carbocycles. The highest BCUT2D eigenvalue weighted by atomic mass is 127. The zero-order chi connectivity index (χ0) is 16.7. The molecule has 0 radical (unpaired) electrons. The van der Waals surface area contributed by atoms with Gasteiger partial charge in [-0.2, -0.15) is 0 Å². The Hall–Kier alpha value is -1.00. The molecule has 0 aromatic carbocycles. The van der Waals surface area contributed by atoms with E-state index in [0.717, 1.165) is 6.42 Å². The van der Waals surface area contributed by atoms with E-state index in [0.29, 0.717) is 20.1 Å². The van der Waals surface area contributed by atoms with E-state index in [4.69, 9.17) is 21.1 Å². The number of aromatic nitrogens is 4. The second-order valence-electron chi connectivity index (χ2n) is 5.51. The normalized spacial score (nSPS) is 27.5. The fraction of sp³-hybridized carbons (Fsp3) is 0.571. The summed E-state index contributed by atoms with van der Waals surface area (Å²) in [6.45, 7) is 5.46.